The Kier molecular flexibility index (Phi) is 6.65. The van der Waals surface area contributed by atoms with Crippen molar-refractivity contribution in [1.29, 1.82) is 0 Å². The smallest absolute Gasteiger partial charge is 0.267 e. The Morgan fingerprint density at radius 2 is 2.10 bits per heavy atom. The zero-order valence-electron chi connectivity index (χ0n) is 12.8. The molecule has 0 amide bonds. The second-order valence-electron chi connectivity index (χ2n) is 5.02. The number of aromatic nitrogens is 2. The van der Waals surface area contributed by atoms with Crippen LogP contribution in [0.1, 0.15) is 37.2 Å². The highest BCUT2D eigenvalue weighted by atomic mass is 35.5. The number of hydrogen-bond donors (Lipinski definition) is 1. The van der Waals surface area contributed by atoms with E-state index in [2.05, 4.69) is 22.4 Å². The summed E-state index contributed by atoms with van der Waals surface area (Å²) in [5.74, 6) is 2.01. The predicted octanol–water partition coefficient (Wildman–Crippen LogP) is 3.09. The predicted molar refractivity (Wildman–Crippen MR) is 84.0 cm³/mol. The molecule has 1 N–H and O–H groups in total. The molecule has 2 atom stereocenters. The van der Waals surface area contributed by atoms with Gasteiger partial charge in [-0.1, -0.05) is 17.3 Å². The standard InChI is InChI=1S/C15H21N3O2.ClH/c1-10-6-5-7-13(8-10)19-12(3)15-17-14(18-20-15)9-11(2)16-4;/h5-8,11-12,16H,9H2,1-4H3;1H. The van der Waals surface area contributed by atoms with Gasteiger partial charge in [0.2, 0.25) is 0 Å². The Morgan fingerprint density at radius 3 is 2.76 bits per heavy atom. The lowest BCUT2D eigenvalue weighted by Crippen LogP contribution is -2.24. The molecule has 1 aromatic carbocycles. The second kappa shape index (κ2) is 8.00. The van der Waals surface area contributed by atoms with E-state index in [4.69, 9.17) is 9.26 Å². The van der Waals surface area contributed by atoms with E-state index in [0.29, 0.717) is 17.8 Å². The highest BCUT2D eigenvalue weighted by molar-refractivity contribution is 5.85. The average molecular weight is 312 g/mol. The van der Waals surface area contributed by atoms with Gasteiger partial charge in [0.25, 0.3) is 5.89 Å². The third-order valence-corrected chi connectivity index (χ3v) is 3.12. The van der Waals surface area contributed by atoms with E-state index >= 15 is 0 Å². The van der Waals surface area contributed by atoms with Gasteiger partial charge in [0, 0.05) is 12.5 Å². The molecule has 21 heavy (non-hydrogen) atoms. The molecule has 2 unspecified atom stereocenters. The highest BCUT2D eigenvalue weighted by Crippen LogP contribution is 2.21. The summed E-state index contributed by atoms with van der Waals surface area (Å²) in [7, 11) is 1.91. The van der Waals surface area contributed by atoms with Crippen LogP contribution in [0.3, 0.4) is 0 Å². The monoisotopic (exact) mass is 311 g/mol. The van der Waals surface area contributed by atoms with Crippen LogP contribution in [0.2, 0.25) is 0 Å². The van der Waals surface area contributed by atoms with Gasteiger partial charge < -0.3 is 14.6 Å². The first-order valence-electron chi connectivity index (χ1n) is 6.81. The van der Waals surface area contributed by atoms with Gasteiger partial charge in [-0.25, -0.2) is 0 Å². The van der Waals surface area contributed by atoms with Gasteiger partial charge in [-0.2, -0.15) is 4.98 Å². The van der Waals surface area contributed by atoms with Crippen molar-refractivity contribution in [2.45, 2.75) is 39.3 Å². The van der Waals surface area contributed by atoms with Crippen LogP contribution in [-0.4, -0.2) is 23.2 Å². The Bertz CT molecular complexity index is 559. The number of hydrogen-bond acceptors (Lipinski definition) is 5. The van der Waals surface area contributed by atoms with Crippen LogP contribution in [0.15, 0.2) is 28.8 Å². The van der Waals surface area contributed by atoms with E-state index in [-0.39, 0.29) is 18.5 Å². The summed E-state index contributed by atoms with van der Waals surface area (Å²) in [5.41, 5.74) is 1.16. The van der Waals surface area contributed by atoms with E-state index in [0.717, 1.165) is 17.7 Å². The van der Waals surface area contributed by atoms with Gasteiger partial charge in [0.1, 0.15) is 5.75 Å². The molecule has 2 aromatic rings. The van der Waals surface area contributed by atoms with Crippen molar-refractivity contribution in [3.05, 3.63) is 41.5 Å². The highest BCUT2D eigenvalue weighted by Gasteiger charge is 2.16. The molecule has 1 heterocycles. The number of nitrogens with zero attached hydrogens (tertiary/aromatic N) is 2. The zero-order valence-corrected chi connectivity index (χ0v) is 13.6. The summed E-state index contributed by atoms with van der Waals surface area (Å²) in [6.45, 7) is 6.01. The van der Waals surface area contributed by atoms with Crippen molar-refractivity contribution in [3.8, 4) is 5.75 Å². The van der Waals surface area contributed by atoms with Gasteiger partial charge in [0.15, 0.2) is 11.9 Å². The Morgan fingerprint density at radius 1 is 1.33 bits per heavy atom. The van der Waals surface area contributed by atoms with Crippen LogP contribution in [-0.2, 0) is 6.42 Å². The number of ether oxygens (including phenoxy) is 1. The third kappa shape index (κ3) is 5.02. The minimum absolute atomic E-state index is 0. The van der Waals surface area contributed by atoms with Crippen molar-refractivity contribution in [1.82, 2.24) is 15.5 Å². The molecule has 0 radical (unpaired) electrons. The molecule has 0 fully saturated rings. The fourth-order valence-corrected chi connectivity index (χ4v) is 1.83. The quantitative estimate of drug-likeness (QED) is 0.888. The van der Waals surface area contributed by atoms with Crippen LogP contribution in [0.25, 0.3) is 0 Å². The number of likely N-dealkylation sites (N-methyl/N-ethyl adjacent to an activating group) is 1. The first-order valence-corrected chi connectivity index (χ1v) is 6.81. The molecule has 6 heteroatoms. The SMILES string of the molecule is CNC(C)Cc1noc(C(C)Oc2cccc(C)c2)n1.Cl. The lowest BCUT2D eigenvalue weighted by molar-refractivity contribution is 0.175. The van der Waals surface area contributed by atoms with Crippen molar-refractivity contribution >= 4 is 12.4 Å². The Labute approximate surface area is 131 Å². The fraction of sp³-hybridized carbons (Fsp3) is 0.467. The molecule has 0 saturated carbocycles. The summed E-state index contributed by atoms with van der Waals surface area (Å²) in [4.78, 5) is 4.37. The second-order valence-corrected chi connectivity index (χ2v) is 5.02. The molecular weight excluding hydrogens is 290 g/mol. The molecule has 2 rings (SSSR count). The van der Waals surface area contributed by atoms with Crippen LogP contribution >= 0.6 is 12.4 Å². The van der Waals surface area contributed by atoms with Gasteiger partial charge in [0.05, 0.1) is 0 Å². The van der Waals surface area contributed by atoms with Gasteiger partial charge in [-0.15, -0.1) is 12.4 Å². The first kappa shape index (κ1) is 17.5. The number of benzene rings is 1. The summed E-state index contributed by atoms with van der Waals surface area (Å²) in [5, 5.41) is 7.12. The molecule has 0 aliphatic rings. The number of rotatable bonds is 6. The molecule has 0 spiro atoms. The summed E-state index contributed by atoms with van der Waals surface area (Å²) in [6.07, 6.45) is 0.472. The van der Waals surface area contributed by atoms with Crippen LogP contribution in [0.5, 0.6) is 5.75 Å². The number of nitrogens with one attached hydrogen (secondary N) is 1. The van der Waals surface area contributed by atoms with Crippen molar-refractivity contribution in [2.24, 2.45) is 0 Å². The number of halogens is 1. The fourth-order valence-electron chi connectivity index (χ4n) is 1.83. The first-order chi connectivity index (χ1) is 9.58. The Hall–Kier alpha value is -1.59. The normalized spacial score (nSPS) is 13.3. The van der Waals surface area contributed by atoms with E-state index < -0.39 is 0 Å². The molecular formula is C15H22ClN3O2. The minimum atomic E-state index is -0.261. The number of aryl methyl sites for hydroxylation is 1. The molecule has 0 aliphatic carbocycles. The lowest BCUT2D eigenvalue weighted by Gasteiger charge is -2.11. The molecule has 0 saturated heterocycles. The summed E-state index contributed by atoms with van der Waals surface area (Å²) < 4.78 is 11.1. The summed E-state index contributed by atoms with van der Waals surface area (Å²) >= 11 is 0. The molecule has 5 nitrogen and oxygen atoms in total. The van der Waals surface area contributed by atoms with E-state index in [1.165, 1.54) is 0 Å². The summed E-state index contributed by atoms with van der Waals surface area (Å²) in [6, 6.07) is 8.21. The van der Waals surface area contributed by atoms with Gasteiger partial charge >= 0.3 is 0 Å². The van der Waals surface area contributed by atoms with E-state index in [1.54, 1.807) is 0 Å². The average Bonchev–Trinajstić information content (AvgIpc) is 2.87. The molecule has 1 aromatic heterocycles. The van der Waals surface area contributed by atoms with Crippen LogP contribution in [0, 0.1) is 6.92 Å². The van der Waals surface area contributed by atoms with Crippen molar-refractivity contribution in [2.75, 3.05) is 7.05 Å². The van der Waals surface area contributed by atoms with Gasteiger partial charge in [-0.3, -0.25) is 0 Å². The minimum Gasteiger partial charge on any atom is -0.481 e. The lowest BCUT2D eigenvalue weighted by atomic mass is 10.2. The molecule has 0 aliphatic heterocycles. The van der Waals surface area contributed by atoms with E-state index in [9.17, 15) is 0 Å². The van der Waals surface area contributed by atoms with Crippen LogP contribution in [0.4, 0.5) is 0 Å². The van der Waals surface area contributed by atoms with E-state index in [1.807, 2.05) is 45.2 Å². The zero-order chi connectivity index (χ0) is 14.5. The maximum atomic E-state index is 5.81. The maximum Gasteiger partial charge on any atom is 0.267 e. The third-order valence-electron chi connectivity index (χ3n) is 3.12. The van der Waals surface area contributed by atoms with Crippen molar-refractivity contribution < 1.29 is 9.26 Å². The van der Waals surface area contributed by atoms with Crippen LogP contribution < -0.4 is 10.1 Å². The molecule has 116 valence electrons. The molecule has 0 bridgehead atoms. The van der Waals surface area contributed by atoms with Gasteiger partial charge in [-0.05, 0) is 45.5 Å². The van der Waals surface area contributed by atoms with Crippen molar-refractivity contribution in [3.63, 3.8) is 0 Å². The Balaban J connectivity index is 0.00000220. The largest absolute Gasteiger partial charge is 0.481 e. The topological polar surface area (TPSA) is 60.2 Å². The maximum absolute atomic E-state index is 5.81.